The summed E-state index contributed by atoms with van der Waals surface area (Å²) in [5, 5.41) is 0. The first kappa shape index (κ1) is 15.3. The van der Waals surface area contributed by atoms with Gasteiger partial charge in [-0.05, 0) is 12.2 Å². The molecule has 0 unspecified atom stereocenters. The molecule has 1 aromatic rings. The SMILES string of the molecule is CCCSCC(=O)N1Cc2cnc(C(C)(C)C)nc2C1. The van der Waals surface area contributed by atoms with Gasteiger partial charge in [0.25, 0.3) is 0 Å². The molecular formula is C15H23N3OS. The van der Waals surface area contributed by atoms with Gasteiger partial charge < -0.3 is 4.90 Å². The van der Waals surface area contributed by atoms with Gasteiger partial charge in [0.2, 0.25) is 5.91 Å². The molecule has 1 aliphatic heterocycles. The monoisotopic (exact) mass is 293 g/mol. The minimum Gasteiger partial charge on any atom is -0.332 e. The number of aromatic nitrogens is 2. The molecule has 0 spiro atoms. The van der Waals surface area contributed by atoms with Crippen molar-refractivity contribution in [3.8, 4) is 0 Å². The molecule has 2 rings (SSSR count). The Kier molecular flexibility index (Phi) is 4.68. The molecule has 1 amide bonds. The molecule has 2 heterocycles. The summed E-state index contributed by atoms with van der Waals surface area (Å²) < 4.78 is 0. The van der Waals surface area contributed by atoms with E-state index >= 15 is 0 Å². The van der Waals surface area contributed by atoms with Crippen LogP contribution >= 0.6 is 11.8 Å². The highest BCUT2D eigenvalue weighted by atomic mass is 32.2. The Labute approximate surface area is 125 Å². The summed E-state index contributed by atoms with van der Waals surface area (Å²) in [7, 11) is 0. The van der Waals surface area contributed by atoms with Gasteiger partial charge in [-0.25, -0.2) is 9.97 Å². The van der Waals surface area contributed by atoms with Crippen molar-refractivity contribution in [3.05, 3.63) is 23.3 Å². The van der Waals surface area contributed by atoms with Crippen LogP contribution in [0.15, 0.2) is 6.20 Å². The van der Waals surface area contributed by atoms with E-state index in [1.54, 1.807) is 11.8 Å². The predicted octanol–water partition coefficient (Wildman–Crippen LogP) is 2.76. The summed E-state index contributed by atoms with van der Waals surface area (Å²) in [5.74, 6) is 2.67. The molecule has 0 fully saturated rings. The van der Waals surface area contributed by atoms with Crippen LogP contribution in [0.3, 0.4) is 0 Å². The first-order chi connectivity index (χ1) is 9.41. The van der Waals surface area contributed by atoms with E-state index in [0.29, 0.717) is 18.8 Å². The standard InChI is InChI=1S/C15H23N3OS/c1-5-6-20-10-13(19)18-8-11-7-16-14(15(2,3)4)17-12(11)9-18/h7H,5-6,8-10H2,1-4H3. The Morgan fingerprint density at radius 2 is 2.15 bits per heavy atom. The lowest BCUT2D eigenvalue weighted by Gasteiger charge is -2.16. The molecule has 0 radical (unpaired) electrons. The second-order valence-electron chi connectivity index (χ2n) is 6.22. The van der Waals surface area contributed by atoms with Crippen molar-refractivity contribution in [2.45, 2.75) is 52.6 Å². The zero-order valence-corrected chi connectivity index (χ0v) is 13.6. The highest BCUT2D eigenvalue weighted by molar-refractivity contribution is 7.99. The second kappa shape index (κ2) is 6.12. The van der Waals surface area contributed by atoms with E-state index in [0.717, 1.165) is 29.3 Å². The van der Waals surface area contributed by atoms with Crippen LogP contribution < -0.4 is 0 Å². The van der Waals surface area contributed by atoms with Crippen LogP contribution in [-0.2, 0) is 23.3 Å². The molecule has 0 saturated carbocycles. The lowest BCUT2D eigenvalue weighted by molar-refractivity contribution is -0.128. The van der Waals surface area contributed by atoms with Gasteiger partial charge in [-0.2, -0.15) is 11.8 Å². The van der Waals surface area contributed by atoms with Gasteiger partial charge >= 0.3 is 0 Å². The van der Waals surface area contributed by atoms with Crippen LogP contribution in [0.4, 0.5) is 0 Å². The van der Waals surface area contributed by atoms with E-state index in [4.69, 9.17) is 0 Å². The Morgan fingerprint density at radius 3 is 2.80 bits per heavy atom. The van der Waals surface area contributed by atoms with Crippen molar-refractivity contribution in [1.29, 1.82) is 0 Å². The number of rotatable bonds is 4. The largest absolute Gasteiger partial charge is 0.332 e. The average molecular weight is 293 g/mol. The quantitative estimate of drug-likeness (QED) is 0.801. The highest BCUT2D eigenvalue weighted by Gasteiger charge is 2.27. The summed E-state index contributed by atoms with van der Waals surface area (Å²) in [6.07, 6.45) is 2.99. The molecule has 20 heavy (non-hydrogen) atoms. The number of hydrogen-bond acceptors (Lipinski definition) is 4. The number of nitrogens with zero attached hydrogens (tertiary/aromatic N) is 3. The topological polar surface area (TPSA) is 46.1 Å². The van der Waals surface area contributed by atoms with Crippen molar-refractivity contribution in [3.63, 3.8) is 0 Å². The Bertz CT molecular complexity index is 496. The molecule has 0 saturated heterocycles. The molecule has 0 bridgehead atoms. The molecule has 0 atom stereocenters. The molecule has 0 aromatic carbocycles. The average Bonchev–Trinajstić information content (AvgIpc) is 2.80. The normalized spacial score (nSPS) is 14.5. The van der Waals surface area contributed by atoms with Gasteiger partial charge in [-0.1, -0.05) is 27.7 Å². The summed E-state index contributed by atoms with van der Waals surface area (Å²) in [6, 6.07) is 0. The van der Waals surface area contributed by atoms with Crippen molar-refractivity contribution >= 4 is 17.7 Å². The minimum atomic E-state index is -0.0521. The van der Waals surface area contributed by atoms with Crippen LogP contribution in [0.25, 0.3) is 0 Å². The Hall–Kier alpha value is -1.10. The van der Waals surface area contributed by atoms with Gasteiger partial charge in [0.1, 0.15) is 5.82 Å². The number of carbonyl (C=O) groups is 1. The third-order valence-electron chi connectivity index (χ3n) is 3.25. The van der Waals surface area contributed by atoms with Crippen LogP contribution in [0.1, 0.15) is 51.2 Å². The van der Waals surface area contributed by atoms with Crippen molar-refractivity contribution in [1.82, 2.24) is 14.9 Å². The summed E-state index contributed by atoms with van der Waals surface area (Å²) in [4.78, 5) is 23.1. The maximum absolute atomic E-state index is 12.1. The summed E-state index contributed by atoms with van der Waals surface area (Å²) in [6.45, 7) is 9.74. The fourth-order valence-electron chi connectivity index (χ4n) is 2.09. The van der Waals surface area contributed by atoms with Gasteiger partial charge in [0.15, 0.2) is 0 Å². The molecule has 0 N–H and O–H groups in total. The van der Waals surface area contributed by atoms with Crippen molar-refractivity contribution in [2.24, 2.45) is 0 Å². The van der Waals surface area contributed by atoms with Crippen molar-refractivity contribution < 1.29 is 4.79 Å². The van der Waals surface area contributed by atoms with E-state index in [9.17, 15) is 4.79 Å². The van der Waals surface area contributed by atoms with E-state index in [-0.39, 0.29) is 11.3 Å². The lowest BCUT2D eigenvalue weighted by Crippen LogP contribution is -2.27. The second-order valence-corrected chi connectivity index (χ2v) is 7.32. The number of fused-ring (bicyclic) bond motifs is 1. The maximum atomic E-state index is 12.1. The van der Waals surface area contributed by atoms with Gasteiger partial charge in [-0.15, -0.1) is 0 Å². The minimum absolute atomic E-state index is 0.0521. The fourth-order valence-corrected chi connectivity index (χ4v) is 2.88. The third-order valence-corrected chi connectivity index (χ3v) is 4.40. The zero-order valence-electron chi connectivity index (χ0n) is 12.8. The molecule has 0 aliphatic carbocycles. The fraction of sp³-hybridized carbons (Fsp3) is 0.667. The number of hydrogen-bond donors (Lipinski definition) is 0. The van der Waals surface area contributed by atoms with E-state index in [1.807, 2.05) is 11.1 Å². The number of thioether (sulfide) groups is 1. The van der Waals surface area contributed by atoms with Crippen LogP contribution in [0, 0.1) is 0 Å². The molecule has 4 nitrogen and oxygen atoms in total. The smallest absolute Gasteiger partial charge is 0.233 e. The summed E-state index contributed by atoms with van der Waals surface area (Å²) in [5.41, 5.74) is 2.05. The first-order valence-corrected chi connectivity index (χ1v) is 8.28. The molecular weight excluding hydrogens is 270 g/mol. The molecule has 5 heteroatoms. The summed E-state index contributed by atoms with van der Waals surface area (Å²) >= 11 is 1.71. The highest BCUT2D eigenvalue weighted by Crippen LogP contribution is 2.25. The molecule has 1 aliphatic rings. The van der Waals surface area contributed by atoms with Crippen LogP contribution in [-0.4, -0.2) is 32.3 Å². The maximum Gasteiger partial charge on any atom is 0.233 e. The lowest BCUT2D eigenvalue weighted by atomic mass is 9.95. The van der Waals surface area contributed by atoms with Crippen LogP contribution in [0.5, 0.6) is 0 Å². The van der Waals surface area contributed by atoms with E-state index < -0.39 is 0 Å². The Balaban J connectivity index is 2.02. The predicted molar refractivity (Wildman–Crippen MR) is 82.6 cm³/mol. The number of carbonyl (C=O) groups excluding carboxylic acids is 1. The zero-order chi connectivity index (χ0) is 14.8. The van der Waals surface area contributed by atoms with Gasteiger partial charge in [0, 0.05) is 23.7 Å². The van der Waals surface area contributed by atoms with E-state index in [2.05, 4.69) is 37.7 Å². The third kappa shape index (κ3) is 3.51. The first-order valence-electron chi connectivity index (χ1n) is 7.12. The molecule has 110 valence electrons. The van der Waals surface area contributed by atoms with Crippen molar-refractivity contribution in [2.75, 3.05) is 11.5 Å². The van der Waals surface area contributed by atoms with Gasteiger partial charge in [0.05, 0.1) is 18.0 Å². The van der Waals surface area contributed by atoms with E-state index in [1.165, 1.54) is 0 Å². The molecule has 1 aromatic heterocycles. The van der Waals surface area contributed by atoms with Gasteiger partial charge in [-0.3, -0.25) is 4.79 Å². The van der Waals surface area contributed by atoms with Crippen LogP contribution in [0.2, 0.25) is 0 Å². The Morgan fingerprint density at radius 1 is 1.40 bits per heavy atom. The number of amides is 1.